The van der Waals surface area contributed by atoms with Crippen molar-refractivity contribution < 1.29 is 32.7 Å². The fourth-order valence-electron chi connectivity index (χ4n) is 2.29. The number of nitrogens with zero attached hydrogens (tertiary/aromatic N) is 1. The molecule has 0 fully saturated rings. The summed E-state index contributed by atoms with van der Waals surface area (Å²) in [6.07, 6.45) is -4.85. The second-order valence-corrected chi connectivity index (χ2v) is 7.86. The highest BCUT2D eigenvalue weighted by molar-refractivity contribution is 8.14. The predicted molar refractivity (Wildman–Crippen MR) is 102 cm³/mol. The Morgan fingerprint density at radius 1 is 1.31 bits per heavy atom. The molecule has 0 heterocycles. The maximum absolute atomic E-state index is 12.7. The molecular formula is C18H15ClF3NO5S. The van der Waals surface area contributed by atoms with Crippen molar-refractivity contribution in [3.8, 4) is 11.5 Å². The molecule has 156 valence electrons. The number of nitro benzene ring substituents is 1. The summed E-state index contributed by atoms with van der Waals surface area (Å²) in [6.45, 7) is 1.40. The third-order valence-electron chi connectivity index (χ3n) is 3.66. The highest BCUT2D eigenvalue weighted by atomic mass is 35.5. The van der Waals surface area contributed by atoms with Crippen LogP contribution in [0, 0.1) is 10.1 Å². The number of carbonyl (C=O) groups is 1. The average Bonchev–Trinajstić information content (AvgIpc) is 2.62. The minimum Gasteiger partial charge on any atom is -0.456 e. The first kappa shape index (κ1) is 23.0. The van der Waals surface area contributed by atoms with E-state index in [2.05, 4.69) is 0 Å². The molecule has 0 bridgehead atoms. The summed E-state index contributed by atoms with van der Waals surface area (Å²) in [7, 11) is 0. The molecule has 0 spiro atoms. The molecule has 0 aliphatic rings. The van der Waals surface area contributed by atoms with Crippen LogP contribution in [-0.4, -0.2) is 27.0 Å². The van der Waals surface area contributed by atoms with Crippen LogP contribution >= 0.6 is 23.4 Å². The fraction of sp³-hybridized carbons (Fsp3) is 0.278. The highest BCUT2D eigenvalue weighted by Crippen LogP contribution is 2.37. The quantitative estimate of drug-likeness (QED) is 0.459. The molecule has 2 aromatic carbocycles. The lowest BCUT2D eigenvalue weighted by molar-refractivity contribution is -0.385. The lowest BCUT2D eigenvalue weighted by Gasteiger charge is -2.12. The summed E-state index contributed by atoms with van der Waals surface area (Å²) in [5, 5.41) is 19.2. The average molecular weight is 450 g/mol. The number of benzene rings is 2. The topological polar surface area (TPSA) is 89.7 Å². The first-order chi connectivity index (χ1) is 13.5. The Hall–Kier alpha value is -2.30. The van der Waals surface area contributed by atoms with Crippen molar-refractivity contribution >= 4 is 34.2 Å². The molecule has 0 aliphatic carbocycles. The number of hydrogen-bond acceptors (Lipinski definition) is 6. The Labute approximate surface area is 172 Å². The second-order valence-electron chi connectivity index (χ2n) is 5.95. The van der Waals surface area contributed by atoms with Crippen LogP contribution in [0.1, 0.15) is 18.1 Å². The van der Waals surface area contributed by atoms with Gasteiger partial charge in [-0.2, -0.15) is 13.2 Å². The summed E-state index contributed by atoms with van der Waals surface area (Å²) < 4.78 is 43.6. The molecule has 6 nitrogen and oxygen atoms in total. The van der Waals surface area contributed by atoms with Crippen LogP contribution in [0.4, 0.5) is 18.9 Å². The zero-order valence-corrected chi connectivity index (χ0v) is 16.5. The largest absolute Gasteiger partial charge is 0.456 e. The molecule has 2 rings (SSSR count). The van der Waals surface area contributed by atoms with Gasteiger partial charge in [0.2, 0.25) is 0 Å². The summed E-state index contributed by atoms with van der Waals surface area (Å²) >= 11 is 6.70. The summed E-state index contributed by atoms with van der Waals surface area (Å²) in [6, 6.07) is 6.19. The monoisotopic (exact) mass is 449 g/mol. The van der Waals surface area contributed by atoms with Gasteiger partial charge in [-0.25, -0.2) is 0 Å². The van der Waals surface area contributed by atoms with Crippen molar-refractivity contribution in [2.75, 3.05) is 6.61 Å². The van der Waals surface area contributed by atoms with Crippen LogP contribution in [0.5, 0.6) is 11.5 Å². The Morgan fingerprint density at radius 3 is 2.55 bits per heavy atom. The lowest BCUT2D eigenvalue weighted by Crippen LogP contribution is -2.09. The van der Waals surface area contributed by atoms with E-state index in [0.29, 0.717) is 6.07 Å². The van der Waals surface area contributed by atoms with E-state index in [1.54, 1.807) is 6.92 Å². The molecule has 29 heavy (non-hydrogen) atoms. The van der Waals surface area contributed by atoms with Crippen LogP contribution < -0.4 is 4.74 Å². The maximum atomic E-state index is 12.7. The lowest BCUT2D eigenvalue weighted by atomic mass is 10.1. The van der Waals surface area contributed by atoms with E-state index < -0.39 is 16.7 Å². The fourth-order valence-corrected chi connectivity index (χ4v) is 3.27. The molecular weight excluding hydrogens is 435 g/mol. The number of nitro groups is 1. The first-order valence-electron chi connectivity index (χ1n) is 8.13. The van der Waals surface area contributed by atoms with Crippen LogP contribution in [0.15, 0.2) is 36.4 Å². The Balaban J connectivity index is 2.28. The van der Waals surface area contributed by atoms with Crippen LogP contribution in [0.25, 0.3) is 0 Å². The van der Waals surface area contributed by atoms with Crippen molar-refractivity contribution in [2.45, 2.75) is 24.8 Å². The smallest absolute Gasteiger partial charge is 0.416 e. The number of ether oxygens (including phenoxy) is 1. The van der Waals surface area contributed by atoms with Crippen molar-refractivity contribution in [3.63, 3.8) is 0 Å². The second kappa shape index (κ2) is 9.47. The number of halogens is 4. The van der Waals surface area contributed by atoms with E-state index in [1.807, 2.05) is 0 Å². The van der Waals surface area contributed by atoms with Crippen molar-refractivity contribution in [1.82, 2.24) is 0 Å². The third-order valence-corrected chi connectivity index (χ3v) is 4.91. The van der Waals surface area contributed by atoms with E-state index in [9.17, 15) is 28.1 Å². The summed E-state index contributed by atoms with van der Waals surface area (Å²) in [4.78, 5) is 22.6. The maximum Gasteiger partial charge on any atom is 0.416 e. The van der Waals surface area contributed by atoms with Gasteiger partial charge in [-0.15, -0.1) is 0 Å². The molecule has 1 unspecified atom stereocenters. The molecule has 0 saturated carbocycles. The molecule has 11 heteroatoms. The van der Waals surface area contributed by atoms with Crippen molar-refractivity contribution in [2.24, 2.45) is 0 Å². The third kappa shape index (κ3) is 6.34. The Kier molecular flexibility index (Phi) is 7.50. The van der Waals surface area contributed by atoms with Gasteiger partial charge in [0.05, 0.1) is 22.1 Å². The number of carbonyl (C=O) groups excluding carboxylic acids is 1. The summed E-state index contributed by atoms with van der Waals surface area (Å²) in [5.74, 6) is -0.00524. The van der Waals surface area contributed by atoms with Gasteiger partial charge < -0.3 is 9.84 Å². The van der Waals surface area contributed by atoms with E-state index >= 15 is 0 Å². The Morgan fingerprint density at radius 2 is 2.00 bits per heavy atom. The van der Waals surface area contributed by atoms with Crippen LogP contribution in [-0.2, 0) is 17.4 Å². The molecule has 0 aromatic heterocycles. The Bertz CT molecular complexity index is 923. The van der Waals surface area contributed by atoms with E-state index in [1.165, 1.54) is 12.1 Å². The van der Waals surface area contributed by atoms with Gasteiger partial charge in [-0.05, 0) is 30.3 Å². The SMILES string of the molecule is CC(CO)SC(=O)Cc1cc(Oc2ccc(C(F)(F)F)cc2Cl)ccc1[N+](=O)[O-]. The summed E-state index contributed by atoms with van der Waals surface area (Å²) in [5.41, 5.74) is -1.18. The van der Waals surface area contributed by atoms with Gasteiger partial charge >= 0.3 is 6.18 Å². The molecule has 0 saturated heterocycles. The van der Waals surface area contributed by atoms with Crippen LogP contribution in [0.2, 0.25) is 5.02 Å². The van der Waals surface area contributed by atoms with Crippen molar-refractivity contribution in [1.29, 1.82) is 0 Å². The minimum absolute atomic E-state index is 0.0678. The minimum atomic E-state index is -4.56. The van der Waals surface area contributed by atoms with Gasteiger partial charge in [0.15, 0.2) is 5.12 Å². The zero-order valence-electron chi connectivity index (χ0n) is 14.9. The van der Waals surface area contributed by atoms with Gasteiger partial charge in [-0.1, -0.05) is 30.3 Å². The number of aliphatic hydroxyl groups is 1. The molecule has 0 aliphatic heterocycles. The number of alkyl halides is 3. The number of hydrogen-bond donors (Lipinski definition) is 1. The normalized spacial score (nSPS) is 12.5. The first-order valence-corrected chi connectivity index (χ1v) is 9.39. The molecule has 0 amide bonds. The molecule has 0 radical (unpaired) electrons. The van der Waals surface area contributed by atoms with Crippen LogP contribution in [0.3, 0.4) is 0 Å². The van der Waals surface area contributed by atoms with Gasteiger partial charge in [-0.3, -0.25) is 14.9 Å². The van der Waals surface area contributed by atoms with Gasteiger partial charge in [0.1, 0.15) is 11.5 Å². The molecule has 1 atom stereocenters. The van der Waals surface area contributed by atoms with E-state index in [-0.39, 0.29) is 51.2 Å². The van der Waals surface area contributed by atoms with Gasteiger partial charge in [0, 0.05) is 23.3 Å². The van der Waals surface area contributed by atoms with Gasteiger partial charge in [0.25, 0.3) is 5.69 Å². The van der Waals surface area contributed by atoms with Crippen molar-refractivity contribution in [3.05, 3.63) is 62.7 Å². The van der Waals surface area contributed by atoms with E-state index in [4.69, 9.17) is 21.4 Å². The van der Waals surface area contributed by atoms with E-state index in [0.717, 1.165) is 30.0 Å². The zero-order chi connectivity index (χ0) is 21.8. The molecule has 2 aromatic rings. The highest BCUT2D eigenvalue weighted by Gasteiger charge is 2.31. The number of thioether (sulfide) groups is 1. The number of rotatable bonds is 7. The number of aliphatic hydroxyl groups excluding tert-OH is 1. The predicted octanol–water partition coefficient (Wildman–Crippen LogP) is 5.24. The standard InChI is InChI=1S/C18H15ClF3NO5S/c1-10(9-24)29-17(25)7-11-6-13(3-4-15(11)23(26)27)28-16-5-2-12(8-14(16)19)18(20,21)22/h2-6,8,10,24H,7,9H2,1H3. The molecule has 1 N–H and O–H groups in total.